The maximum Gasteiger partial charge on any atom is 0.223 e. The summed E-state index contributed by atoms with van der Waals surface area (Å²) in [5.74, 6) is -0.121. The van der Waals surface area contributed by atoms with Crippen LogP contribution in [-0.4, -0.2) is 18.4 Å². The van der Waals surface area contributed by atoms with Gasteiger partial charge in [0.2, 0.25) is 11.8 Å². The third kappa shape index (κ3) is 4.95. The first-order chi connectivity index (χ1) is 11.1. The summed E-state index contributed by atoms with van der Waals surface area (Å²) in [5.41, 5.74) is 2.94. The fourth-order valence-corrected chi connectivity index (χ4v) is 2.41. The van der Waals surface area contributed by atoms with Gasteiger partial charge in [0.05, 0.1) is 0 Å². The Morgan fingerprint density at radius 1 is 1.00 bits per heavy atom. The van der Waals surface area contributed by atoms with Gasteiger partial charge in [-0.2, -0.15) is 0 Å². The predicted octanol–water partition coefficient (Wildman–Crippen LogP) is 3.05. The van der Waals surface area contributed by atoms with E-state index in [2.05, 4.69) is 5.32 Å². The smallest absolute Gasteiger partial charge is 0.223 e. The highest BCUT2D eigenvalue weighted by Gasteiger charge is 2.14. The molecular weight excluding hydrogens is 288 g/mol. The quantitative estimate of drug-likeness (QED) is 0.891. The number of hydrogen-bond donors (Lipinski definition) is 1. The Hall–Kier alpha value is -2.62. The fourth-order valence-electron chi connectivity index (χ4n) is 2.41. The highest BCUT2D eigenvalue weighted by Crippen LogP contribution is 2.19. The van der Waals surface area contributed by atoms with Gasteiger partial charge >= 0.3 is 0 Å². The summed E-state index contributed by atoms with van der Waals surface area (Å²) in [6, 6.07) is 17.5. The van der Waals surface area contributed by atoms with Gasteiger partial charge in [0.25, 0.3) is 0 Å². The summed E-state index contributed by atoms with van der Waals surface area (Å²) < 4.78 is 0. The second-order valence-electron chi connectivity index (χ2n) is 5.47. The second-order valence-corrected chi connectivity index (χ2v) is 5.47. The van der Waals surface area contributed by atoms with Gasteiger partial charge in [0, 0.05) is 32.1 Å². The first-order valence-electron chi connectivity index (χ1n) is 7.72. The molecule has 0 saturated carbocycles. The molecule has 23 heavy (non-hydrogen) atoms. The van der Waals surface area contributed by atoms with Crippen LogP contribution in [-0.2, 0) is 16.1 Å². The van der Waals surface area contributed by atoms with Gasteiger partial charge in [-0.3, -0.25) is 9.59 Å². The number of carbonyl (C=O) groups excluding carboxylic acids is 2. The number of nitrogens with one attached hydrogen (secondary N) is 1. The Morgan fingerprint density at radius 2 is 1.65 bits per heavy atom. The number of benzene rings is 2. The zero-order valence-corrected chi connectivity index (χ0v) is 13.6. The molecule has 0 unspecified atom stereocenters. The number of hydrogen-bond acceptors (Lipinski definition) is 2. The van der Waals surface area contributed by atoms with Gasteiger partial charge in [0.1, 0.15) is 0 Å². The average Bonchev–Trinajstić information content (AvgIpc) is 2.55. The standard InChI is InChI=1S/C19H22N2O2/c1-15-8-6-7-11-18(15)21(16(2)22)13-12-19(23)20-14-17-9-4-3-5-10-17/h3-11H,12-14H2,1-2H3,(H,20,23). The van der Waals surface area contributed by atoms with Crippen molar-refractivity contribution < 1.29 is 9.59 Å². The summed E-state index contributed by atoms with van der Waals surface area (Å²) >= 11 is 0. The minimum Gasteiger partial charge on any atom is -0.352 e. The molecule has 120 valence electrons. The Labute approximate surface area is 137 Å². The molecule has 0 spiro atoms. The molecule has 0 aliphatic heterocycles. The van der Waals surface area contributed by atoms with Crippen molar-refractivity contribution in [3.05, 3.63) is 65.7 Å². The van der Waals surface area contributed by atoms with Crippen LogP contribution in [0.1, 0.15) is 24.5 Å². The minimum atomic E-state index is -0.0614. The van der Waals surface area contributed by atoms with Crippen LogP contribution in [0.15, 0.2) is 54.6 Å². The Balaban J connectivity index is 1.90. The van der Waals surface area contributed by atoms with Crippen molar-refractivity contribution in [1.29, 1.82) is 0 Å². The van der Waals surface area contributed by atoms with Crippen LogP contribution in [0.3, 0.4) is 0 Å². The molecule has 0 heterocycles. The van der Waals surface area contributed by atoms with Crippen molar-refractivity contribution >= 4 is 17.5 Å². The lowest BCUT2D eigenvalue weighted by Gasteiger charge is -2.22. The van der Waals surface area contributed by atoms with Crippen LogP contribution in [0.25, 0.3) is 0 Å². The van der Waals surface area contributed by atoms with E-state index in [1.54, 1.807) is 4.90 Å². The van der Waals surface area contributed by atoms with E-state index in [4.69, 9.17) is 0 Å². The van der Waals surface area contributed by atoms with Crippen LogP contribution in [0.2, 0.25) is 0 Å². The van der Waals surface area contributed by atoms with Crippen LogP contribution >= 0.6 is 0 Å². The van der Waals surface area contributed by atoms with Gasteiger partial charge in [-0.25, -0.2) is 0 Å². The minimum absolute atomic E-state index is 0.0600. The van der Waals surface area contributed by atoms with E-state index in [1.165, 1.54) is 6.92 Å². The molecule has 2 aromatic rings. The van der Waals surface area contributed by atoms with E-state index in [1.807, 2.05) is 61.5 Å². The lowest BCUT2D eigenvalue weighted by atomic mass is 10.1. The summed E-state index contributed by atoms with van der Waals surface area (Å²) in [7, 11) is 0. The number of nitrogens with zero attached hydrogens (tertiary/aromatic N) is 1. The molecule has 0 aliphatic rings. The summed E-state index contributed by atoms with van der Waals surface area (Å²) in [6.45, 7) is 4.36. The zero-order valence-electron chi connectivity index (χ0n) is 13.6. The normalized spacial score (nSPS) is 10.2. The largest absolute Gasteiger partial charge is 0.352 e. The van der Waals surface area contributed by atoms with Gasteiger partial charge in [-0.15, -0.1) is 0 Å². The summed E-state index contributed by atoms with van der Waals surface area (Å²) in [6.07, 6.45) is 0.279. The van der Waals surface area contributed by atoms with E-state index in [9.17, 15) is 9.59 Å². The zero-order chi connectivity index (χ0) is 16.7. The lowest BCUT2D eigenvalue weighted by molar-refractivity contribution is -0.121. The molecule has 0 atom stereocenters. The highest BCUT2D eigenvalue weighted by atomic mass is 16.2. The SMILES string of the molecule is CC(=O)N(CCC(=O)NCc1ccccc1)c1ccccc1C. The van der Waals surface area contributed by atoms with E-state index >= 15 is 0 Å². The van der Waals surface area contributed by atoms with Gasteiger partial charge in [-0.1, -0.05) is 48.5 Å². The van der Waals surface area contributed by atoms with Crippen molar-refractivity contribution in [3.63, 3.8) is 0 Å². The number of carbonyl (C=O) groups is 2. The molecule has 4 nitrogen and oxygen atoms in total. The monoisotopic (exact) mass is 310 g/mol. The number of anilines is 1. The van der Waals surface area contributed by atoms with Crippen molar-refractivity contribution in [2.45, 2.75) is 26.8 Å². The van der Waals surface area contributed by atoms with Gasteiger partial charge in [0.15, 0.2) is 0 Å². The molecule has 0 aliphatic carbocycles. The third-order valence-electron chi connectivity index (χ3n) is 3.68. The van der Waals surface area contributed by atoms with Crippen molar-refractivity contribution in [2.75, 3.05) is 11.4 Å². The topological polar surface area (TPSA) is 49.4 Å². The molecule has 2 amide bonds. The Bertz CT molecular complexity index is 668. The molecule has 4 heteroatoms. The molecule has 0 aromatic heterocycles. The molecule has 1 N–H and O–H groups in total. The van der Waals surface area contributed by atoms with Gasteiger partial charge < -0.3 is 10.2 Å². The highest BCUT2D eigenvalue weighted by molar-refractivity contribution is 5.93. The molecule has 2 aromatic carbocycles. The summed E-state index contributed by atoms with van der Waals surface area (Å²) in [4.78, 5) is 25.5. The van der Waals surface area contributed by atoms with Crippen LogP contribution in [0, 0.1) is 6.92 Å². The van der Waals surface area contributed by atoms with Crippen molar-refractivity contribution in [1.82, 2.24) is 5.32 Å². The molecule has 0 fully saturated rings. The Morgan fingerprint density at radius 3 is 2.30 bits per heavy atom. The second kappa shape index (κ2) is 8.13. The Kier molecular flexibility index (Phi) is 5.92. The maximum atomic E-state index is 12.0. The van der Waals surface area contributed by atoms with Crippen LogP contribution < -0.4 is 10.2 Å². The van der Waals surface area contributed by atoms with Crippen molar-refractivity contribution in [3.8, 4) is 0 Å². The number of rotatable bonds is 6. The van der Waals surface area contributed by atoms with Crippen LogP contribution in [0.4, 0.5) is 5.69 Å². The van der Waals surface area contributed by atoms with E-state index in [0.29, 0.717) is 13.1 Å². The third-order valence-corrected chi connectivity index (χ3v) is 3.68. The van der Waals surface area contributed by atoms with Crippen molar-refractivity contribution in [2.24, 2.45) is 0 Å². The predicted molar refractivity (Wildman–Crippen MR) is 92.1 cm³/mol. The molecule has 0 bridgehead atoms. The van der Waals surface area contributed by atoms with E-state index in [0.717, 1.165) is 16.8 Å². The molecule has 2 rings (SSSR count). The number of amides is 2. The number of aryl methyl sites for hydroxylation is 1. The molecule has 0 saturated heterocycles. The first kappa shape index (κ1) is 16.7. The van der Waals surface area contributed by atoms with E-state index < -0.39 is 0 Å². The summed E-state index contributed by atoms with van der Waals surface area (Å²) in [5, 5.41) is 2.88. The number of para-hydroxylation sites is 1. The van der Waals surface area contributed by atoms with E-state index in [-0.39, 0.29) is 18.2 Å². The fraction of sp³-hybridized carbons (Fsp3) is 0.263. The average molecular weight is 310 g/mol. The molecule has 0 radical (unpaired) electrons. The maximum absolute atomic E-state index is 12.0. The van der Waals surface area contributed by atoms with Crippen LogP contribution in [0.5, 0.6) is 0 Å². The van der Waals surface area contributed by atoms with Gasteiger partial charge in [-0.05, 0) is 24.1 Å². The molecular formula is C19H22N2O2. The first-order valence-corrected chi connectivity index (χ1v) is 7.72. The lowest BCUT2D eigenvalue weighted by Crippen LogP contribution is -2.34.